The maximum atomic E-state index is 13.5. The molecule has 1 aromatic carbocycles. The van der Waals surface area contributed by atoms with E-state index in [-0.39, 0.29) is 5.54 Å². The summed E-state index contributed by atoms with van der Waals surface area (Å²) in [7, 11) is -3.40. The van der Waals surface area contributed by atoms with Gasteiger partial charge in [0, 0.05) is 19.6 Å². The lowest BCUT2D eigenvalue weighted by molar-refractivity contribution is -0.0556. The first-order chi connectivity index (χ1) is 11.9. The Morgan fingerprint density at radius 1 is 1.00 bits per heavy atom. The molecule has 2 aliphatic heterocycles. The first-order valence-corrected chi connectivity index (χ1v) is 11.2. The van der Waals surface area contributed by atoms with Crippen molar-refractivity contribution in [3.63, 3.8) is 0 Å². The van der Waals surface area contributed by atoms with E-state index in [2.05, 4.69) is 26.0 Å². The van der Waals surface area contributed by atoms with Crippen molar-refractivity contribution in [1.82, 2.24) is 8.61 Å². The van der Waals surface area contributed by atoms with Crippen LogP contribution in [0.2, 0.25) is 0 Å². The van der Waals surface area contributed by atoms with Gasteiger partial charge >= 0.3 is 0 Å². The van der Waals surface area contributed by atoms with Gasteiger partial charge < -0.3 is 0 Å². The number of benzene rings is 1. The number of piperidine rings is 1. The van der Waals surface area contributed by atoms with Crippen LogP contribution in [-0.4, -0.2) is 36.7 Å². The van der Waals surface area contributed by atoms with Crippen molar-refractivity contribution in [3.8, 4) is 0 Å². The minimum atomic E-state index is -3.40. The Hall–Kier alpha value is -0.910. The normalized spacial score (nSPS) is 37.3. The molecule has 0 aromatic heterocycles. The van der Waals surface area contributed by atoms with Gasteiger partial charge in [-0.15, -0.1) is 0 Å². The molecule has 2 heterocycles. The molecule has 4 unspecified atom stereocenters. The van der Waals surface area contributed by atoms with Gasteiger partial charge in [-0.1, -0.05) is 57.0 Å². The molecule has 25 heavy (non-hydrogen) atoms. The molecule has 3 aliphatic rings. The molecule has 0 spiro atoms. The maximum Gasteiger partial charge on any atom is 0.282 e. The molecule has 1 aliphatic carbocycles. The van der Waals surface area contributed by atoms with E-state index in [9.17, 15) is 8.42 Å². The highest BCUT2D eigenvalue weighted by atomic mass is 32.2. The topological polar surface area (TPSA) is 40.6 Å². The molecular weight excluding hydrogens is 332 g/mol. The van der Waals surface area contributed by atoms with Crippen LogP contribution in [0.5, 0.6) is 0 Å². The second kappa shape index (κ2) is 6.36. The lowest BCUT2D eigenvalue weighted by atomic mass is 9.63. The third kappa shape index (κ3) is 2.75. The molecule has 4 atom stereocenters. The van der Waals surface area contributed by atoms with Crippen molar-refractivity contribution in [2.45, 2.75) is 51.5 Å². The van der Waals surface area contributed by atoms with Gasteiger partial charge in [0.15, 0.2) is 0 Å². The SMILES string of the molecule is CC1CC(C)CN(S(=O)(=O)N2CC3CCCCC32c2ccccc2)C1. The van der Waals surface area contributed by atoms with E-state index >= 15 is 0 Å². The summed E-state index contributed by atoms with van der Waals surface area (Å²) in [5, 5.41) is 0. The van der Waals surface area contributed by atoms with Gasteiger partial charge in [-0.2, -0.15) is 17.0 Å². The average molecular weight is 363 g/mol. The molecule has 138 valence electrons. The fraction of sp³-hybridized carbons (Fsp3) is 0.700. The molecule has 2 saturated heterocycles. The van der Waals surface area contributed by atoms with E-state index in [1.165, 1.54) is 12.0 Å². The van der Waals surface area contributed by atoms with Crippen LogP contribution in [0.15, 0.2) is 30.3 Å². The Balaban J connectivity index is 1.69. The smallest absolute Gasteiger partial charge is 0.195 e. The van der Waals surface area contributed by atoms with Crippen molar-refractivity contribution in [2.24, 2.45) is 17.8 Å². The van der Waals surface area contributed by atoms with Crippen molar-refractivity contribution >= 4 is 10.2 Å². The second-order valence-corrected chi connectivity index (χ2v) is 10.4. The van der Waals surface area contributed by atoms with Gasteiger partial charge in [0.25, 0.3) is 10.2 Å². The first-order valence-electron chi connectivity index (χ1n) is 9.78. The van der Waals surface area contributed by atoms with Crippen LogP contribution >= 0.6 is 0 Å². The summed E-state index contributed by atoms with van der Waals surface area (Å²) < 4.78 is 30.7. The molecule has 1 saturated carbocycles. The van der Waals surface area contributed by atoms with Crippen LogP contribution in [0.3, 0.4) is 0 Å². The van der Waals surface area contributed by atoms with E-state index in [4.69, 9.17) is 0 Å². The van der Waals surface area contributed by atoms with Crippen LogP contribution < -0.4 is 0 Å². The van der Waals surface area contributed by atoms with Gasteiger partial charge in [-0.05, 0) is 42.6 Å². The van der Waals surface area contributed by atoms with Gasteiger partial charge in [0.1, 0.15) is 0 Å². The van der Waals surface area contributed by atoms with Crippen LogP contribution in [0.1, 0.15) is 51.5 Å². The Bertz CT molecular complexity index is 710. The monoisotopic (exact) mass is 362 g/mol. The maximum absolute atomic E-state index is 13.5. The minimum Gasteiger partial charge on any atom is -0.195 e. The fourth-order valence-corrected chi connectivity index (χ4v) is 7.82. The highest BCUT2D eigenvalue weighted by Gasteiger charge is 2.60. The van der Waals surface area contributed by atoms with Crippen LogP contribution in [0.4, 0.5) is 0 Å². The lowest BCUT2D eigenvalue weighted by Gasteiger charge is -2.61. The van der Waals surface area contributed by atoms with Gasteiger partial charge in [0.05, 0.1) is 5.54 Å². The molecule has 3 fully saturated rings. The zero-order valence-electron chi connectivity index (χ0n) is 15.4. The molecular formula is C20H30N2O2S. The number of rotatable bonds is 3. The van der Waals surface area contributed by atoms with Crippen molar-refractivity contribution in [1.29, 1.82) is 0 Å². The van der Waals surface area contributed by atoms with Gasteiger partial charge in [-0.3, -0.25) is 0 Å². The van der Waals surface area contributed by atoms with E-state index in [0.29, 0.717) is 37.4 Å². The summed E-state index contributed by atoms with van der Waals surface area (Å²) in [4.78, 5) is 0. The fourth-order valence-electron chi connectivity index (χ4n) is 5.53. The average Bonchev–Trinajstić information content (AvgIpc) is 2.56. The molecule has 1 aromatic rings. The summed E-state index contributed by atoms with van der Waals surface area (Å²) in [6.07, 6.45) is 5.57. The number of hydrogen-bond acceptors (Lipinski definition) is 2. The predicted octanol–water partition coefficient (Wildman–Crippen LogP) is 3.61. The molecule has 0 radical (unpaired) electrons. The summed E-state index contributed by atoms with van der Waals surface area (Å²) in [6, 6.07) is 10.4. The molecule has 4 rings (SSSR count). The quantitative estimate of drug-likeness (QED) is 0.824. The van der Waals surface area contributed by atoms with Crippen molar-refractivity contribution in [2.75, 3.05) is 19.6 Å². The van der Waals surface area contributed by atoms with Gasteiger partial charge in [-0.25, -0.2) is 0 Å². The molecule has 4 nitrogen and oxygen atoms in total. The third-order valence-corrected chi connectivity index (χ3v) is 8.56. The first kappa shape index (κ1) is 17.5. The summed E-state index contributed by atoms with van der Waals surface area (Å²) in [5.74, 6) is 1.35. The third-order valence-electron chi connectivity index (χ3n) is 6.58. The standard InChI is InChI=1S/C20H30N2O2S/c1-16-12-17(2)14-21(13-16)25(23,24)22-15-19-10-6-7-11-20(19,22)18-8-4-3-5-9-18/h3-5,8-9,16-17,19H,6-7,10-15H2,1-2H3. The van der Waals surface area contributed by atoms with Crippen LogP contribution in [-0.2, 0) is 15.7 Å². The zero-order chi connectivity index (χ0) is 17.7. The van der Waals surface area contributed by atoms with Crippen molar-refractivity contribution in [3.05, 3.63) is 35.9 Å². The minimum absolute atomic E-state index is 0.303. The molecule has 0 N–H and O–H groups in total. The van der Waals surface area contributed by atoms with E-state index in [1.54, 1.807) is 4.31 Å². The number of nitrogens with zero attached hydrogens (tertiary/aromatic N) is 2. The van der Waals surface area contributed by atoms with E-state index in [1.807, 2.05) is 22.5 Å². The van der Waals surface area contributed by atoms with Crippen LogP contribution in [0, 0.1) is 17.8 Å². The zero-order valence-corrected chi connectivity index (χ0v) is 16.2. The Kier molecular flexibility index (Phi) is 4.45. The number of hydrogen-bond donors (Lipinski definition) is 0. The highest BCUT2D eigenvalue weighted by molar-refractivity contribution is 7.86. The van der Waals surface area contributed by atoms with E-state index in [0.717, 1.165) is 25.7 Å². The van der Waals surface area contributed by atoms with Gasteiger partial charge in [0.2, 0.25) is 0 Å². The van der Waals surface area contributed by atoms with Crippen molar-refractivity contribution < 1.29 is 8.42 Å². The highest BCUT2D eigenvalue weighted by Crippen LogP contribution is 2.55. The molecule has 0 amide bonds. The lowest BCUT2D eigenvalue weighted by Crippen LogP contribution is -2.70. The molecule has 0 bridgehead atoms. The summed E-state index contributed by atoms with van der Waals surface area (Å²) in [6.45, 7) is 6.36. The van der Waals surface area contributed by atoms with Crippen LogP contribution in [0.25, 0.3) is 0 Å². The Morgan fingerprint density at radius 2 is 1.68 bits per heavy atom. The van der Waals surface area contributed by atoms with E-state index < -0.39 is 10.2 Å². The predicted molar refractivity (Wildman–Crippen MR) is 100 cm³/mol. The molecule has 5 heteroatoms. The second-order valence-electron chi connectivity index (χ2n) is 8.53. The number of fused-ring (bicyclic) bond motifs is 1. The summed E-state index contributed by atoms with van der Waals surface area (Å²) >= 11 is 0. The Labute approximate surface area is 152 Å². The summed E-state index contributed by atoms with van der Waals surface area (Å²) in [5.41, 5.74) is 0.884. The Morgan fingerprint density at radius 3 is 2.32 bits per heavy atom. The largest absolute Gasteiger partial charge is 0.282 e.